The van der Waals surface area contributed by atoms with Crippen LogP contribution in [0.5, 0.6) is 5.75 Å². The number of ether oxygens (including phenoxy) is 1. The molecular formula is C26H23N3O3. The van der Waals surface area contributed by atoms with Crippen molar-refractivity contribution in [2.45, 2.75) is 12.5 Å². The Labute approximate surface area is 186 Å². The van der Waals surface area contributed by atoms with Crippen LogP contribution in [0.15, 0.2) is 85.3 Å². The van der Waals surface area contributed by atoms with Gasteiger partial charge in [0.25, 0.3) is 0 Å². The predicted octanol–water partition coefficient (Wildman–Crippen LogP) is 4.96. The zero-order chi connectivity index (χ0) is 21.9. The van der Waals surface area contributed by atoms with Crippen molar-refractivity contribution in [3.63, 3.8) is 0 Å². The summed E-state index contributed by atoms with van der Waals surface area (Å²) in [7, 11) is 0. The summed E-state index contributed by atoms with van der Waals surface area (Å²) in [5.74, 6) is -0.562. The molecule has 32 heavy (non-hydrogen) atoms. The number of aromatic nitrogens is 2. The average Bonchev–Trinajstić information content (AvgIpc) is 3.37. The minimum absolute atomic E-state index is 0.0354. The SMILES string of the molecule is O=C(O)c1cccc2c1OCCN2C(Cc1ccc(-c2ccccc2)cc1)c1cnc[nH]1. The molecule has 0 fully saturated rings. The Morgan fingerprint density at radius 2 is 1.81 bits per heavy atom. The minimum atomic E-state index is -0.988. The summed E-state index contributed by atoms with van der Waals surface area (Å²) in [4.78, 5) is 21.4. The Morgan fingerprint density at radius 3 is 2.53 bits per heavy atom. The molecule has 2 heterocycles. The van der Waals surface area contributed by atoms with Gasteiger partial charge < -0.3 is 19.7 Å². The van der Waals surface area contributed by atoms with Gasteiger partial charge in [-0.25, -0.2) is 9.78 Å². The van der Waals surface area contributed by atoms with Gasteiger partial charge >= 0.3 is 5.97 Å². The molecule has 1 aliphatic rings. The lowest BCUT2D eigenvalue weighted by Crippen LogP contribution is -2.37. The van der Waals surface area contributed by atoms with E-state index in [2.05, 4.69) is 51.3 Å². The first-order valence-electron chi connectivity index (χ1n) is 10.6. The maximum absolute atomic E-state index is 11.7. The van der Waals surface area contributed by atoms with Gasteiger partial charge in [0, 0.05) is 0 Å². The highest BCUT2D eigenvalue weighted by molar-refractivity contribution is 5.93. The molecule has 1 atom stereocenters. The molecule has 0 bridgehead atoms. The van der Waals surface area contributed by atoms with Crippen LogP contribution < -0.4 is 9.64 Å². The number of para-hydroxylation sites is 1. The average molecular weight is 425 g/mol. The highest BCUT2D eigenvalue weighted by atomic mass is 16.5. The quantitative estimate of drug-likeness (QED) is 0.457. The summed E-state index contributed by atoms with van der Waals surface area (Å²) in [6.07, 6.45) is 4.25. The fourth-order valence-corrected chi connectivity index (χ4v) is 4.29. The molecule has 0 amide bonds. The summed E-state index contributed by atoms with van der Waals surface area (Å²) in [5, 5.41) is 9.59. The molecule has 0 spiro atoms. The van der Waals surface area contributed by atoms with Gasteiger partial charge in [-0.2, -0.15) is 0 Å². The number of nitrogens with zero attached hydrogens (tertiary/aromatic N) is 2. The number of imidazole rings is 1. The monoisotopic (exact) mass is 425 g/mol. The van der Waals surface area contributed by atoms with Gasteiger partial charge in [-0.15, -0.1) is 0 Å². The molecule has 4 aromatic rings. The lowest BCUT2D eigenvalue weighted by molar-refractivity contribution is 0.0692. The molecule has 1 unspecified atom stereocenters. The number of carboxylic acid groups (broad SMARTS) is 1. The summed E-state index contributed by atoms with van der Waals surface area (Å²) in [5.41, 5.74) is 5.50. The number of hydrogen-bond acceptors (Lipinski definition) is 4. The number of hydrogen-bond donors (Lipinski definition) is 2. The lowest BCUT2D eigenvalue weighted by Gasteiger charge is -2.37. The van der Waals surface area contributed by atoms with E-state index < -0.39 is 5.97 Å². The molecule has 6 nitrogen and oxygen atoms in total. The zero-order valence-electron chi connectivity index (χ0n) is 17.4. The van der Waals surface area contributed by atoms with E-state index in [1.807, 2.05) is 30.5 Å². The van der Waals surface area contributed by atoms with E-state index in [1.165, 1.54) is 16.7 Å². The largest absolute Gasteiger partial charge is 0.489 e. The first-order valence-corrected chi connectivity index (χ1v) is 10.6. The Morgan fingerprint density at radius 1 is 1.03 bits per heavy atom. The van der Waals surface area contributed by atoms with Crippen molar-refractivity contribution in [3.05, 3.63) is 102 Å². The van der Waals surface area contributed by atoms with E-state index >= 15 is 0 Å². The van der Waals surface area contributed by atoms with Crippen molar-refractivity contribution in [3.8, 4) is 16.9 Å². The smallest absolute Gasteiger partial charge is 0.339 e. The van der Waals surface area contributed by atoms with Crippen molar-refractivity contribution >= 4 is 11.7 Å². The highest BCUT2D eigenvalue weighted by Gasteiger charge is 2.30. The van der Waals surface area contributed by atoms with Crippen LogP contribution in [0, 0.1) is 0 Å². The molecule has 3 aromatic carbocycles. The minimum Gasteiger partial charge on any atom is -0.489 e. The van der Waals surface area contributed by atoms with Crippen LogP contribution in [0.2, 0.25) is 0 Å². The predicted molar refractivity (Wildman–Crippen MR) is 123 cm³/mol. The van der Waals surface area contributed by atoms with Crippen LogP contribution in [0.25, 0.3) is 11.1 Å². The number of rotatable bonds is 6. The third kappa shape index (κ3) is 3.83. The summed E-state index contributed by atoms with van der Waals surface area (Å²) in [6.45, 7) is 1.08. The van der Waals surface area contributed by atoms with Gasteiger partial charge in [-0.05, 0) is 35.2 Å². The standard InChI is InChI=1S/C26H23N3O3/c30-26(31)21-7-4-8-23-25(21)32-14-13-29(23)24(22-16-27-17-28-22)15-18-9-11-20(12-10-18)19-5-2-1-3-6-19/h1-12,16-17,24H,13-15H2,(H,27,28)(H,30,31). The summed E-state index contributed by atoms with van der Waals surface area (Å²) in [6, 6.07) is 24.1. The molecule has 0 saturated carbocycles. The van der Waals surface area contributed by atoms with E-state index in [9.17, 15) is 9.90 Å². The summed E-state index contributed by atoms with van der Waals surface area (Å²) < 4.78 is 5.78. The number of aromatic amines is 1. The molecule has 1 aromatic heterocycles. The van der Waals surface area contributed by atoms with Gasteiger partial charge in [0.05, 0.1) is 36.5 Å². The zero-order valence-corrected chi connectivity index (χ0v) is 17.4. The number of carbonyl (C=O) groups is 1. The number of nitrogens with one attached hydrogen (secondary N) is 1. The van der Waals surface area contributed by atoms with E-state index in [4.69, 9.17) is 4.74 Å². The Hall–Kier alpha value is -4.06. The second kappa shape index (κ2) is 8.59. The Bertz CT molecular complexity index is 1210. The third-order valence-corrected chi connectivity index (χ3v) is 5.86. The van der Waals surface area contributed by atoms with E-state index in [1.54, 1.807) is 18.5 Å². The van der Waals surface area contributed by atoms with Crippen molar-refractivity contribution in [1.82, 2.24) is 9.97 Å². The fourth-order valence-electron chi connectivity index (χ4n) is 4.29. The van der Waals surface area contributed by atoms with Crippen LogP contribution in [-0.2, 0) is 6.42 Å². The van der Waals surface area contributed by atoms with Gasteiger partial charge in [0.15, 0.2) is 5.75 Å². The van der Waals surface area contributed by atoms with Crippen LogP contribution >= 0.6 is 0 Å². The molecule has 0 saturated heterocycles. The number of carboxylic acids is 1. The molecule has 0 radical (unpaired) electrons. The van der Waals surface area contributed by atoms with E-state index in [-0.39, 0.29) is 11.6 Å². The molecule has 160 valence electrons. The van der Waals surface area contributed by atoms with Crippen molar-refractivity contribution < 1.29 is 14.6 Å². The molecule has 0 aliphatic carbocycles. The lowest BCUT2D eigenvalue weighted by atomic mass is 9.97. The fraction of sp³-hybridized carbons (Fsp3) is 0.154. The Balaban J connectivity index is 1.48. The van der Waals surface area contributed by atoms with Crippen LogP contribution in [0.1, 0.15) is 27.7 Å². The van der Waals surface area contributed by atoms with Gasteiger partial charge in [0.1, 0.15) is 12.2 Å². The van der Waals surface area contributed by atoms with Gasteiger partial charge in [-0.3, -0.25) is 0 Å². The van der Waals surface area contributed by atoms with E-state index in [0.29, 0.717) is 18.9 Å². The topological polar surface area (TPSA) is 78.5 Å². The second-order valence-corrected chi connectivity index (χ2v) is 7.79. The molecule has 1 aliphatic heterocycles. The first kappa shape index (κ1) is 19.9. The first-order chi connectivity index (χ1) is 15.7. The van der Waals surface area contributed by atoms with Crippen molar-refractivity contribution in [2.24, 2.45) is 0 Å². The summed E-state index contributed by atoms with van der Waals surface area (Å²) >= 11 is 0. The van der Waals surface area contributed by atoms with Crippen LogP contribution in [0.3, 0.4) is 0 Å². The van der Waals surface area contributed by atoms with Crippen molar-refractivity contribution in [2.75, 3.05) is 18.1 Å². The van der Waals surface area contributed by atoms with Crippen molar-refractivity contribution in [1.29, 1.82) is 0 Å². The number of H-pyrrole nitrogens is 1. The normalized spacial score (nSPS) is 13.8. The van der Waals surface area contributed by atoms with Crippen LogP contribution in [-0.4, -0.2) is 34.2 Å². The van der Waals surface area contributed by atoms with E-state index in [0.717, 1.165) is 17.8 Å². The maximum Gasteiger partial charge on any atom is 0.339 e. The molecule has 6 heteroatoms. The Kier molecular flexibility index (Phi) is 5.34. The maximum atomic E-state index is 11.7. The molecule has 5 rings (SSSR count). The molecular weight excluding hydrogens is 402 g/mol. The van der Waals surface area contributed by atoms with Gasteiger partial charge in [-0.1, -0.05) is 60.7 Å². The second-order valence-electron chi connectivity index (χ2n) is 7.79. The van der Waals surface area contributed by atoms with Gasteiger partial charge in [0.2, 0.25) is 0 Å². The third-order valence-electron chi connectivity index (χ3n) is 5.86. The van der Waals surface area contributed by atoms with Crippen LogP contribution in [0.4, 0.5) is 5.69 Å². The highest BCUT2D eigenvalue weighted by Crippen LogP contribution is 2.40. The number of anilines is 1. The number of benzene rings is 3. The molecule has 2 N–H and O–H groups in total. The number of fused-ring (bicyclic) bond motifs is 1. The number of aromatic carboxylic acids is 1.